The van der Waals surface area contributed by atoms with Crippen molar-refractivity contribution in [3.8, 4) is 0 Å². The highest BCUT2D eigenvalue weighted by atomic mass is 35.5. The fourth-order valence-electron chi connectivity index (χ4n) is 4.11. The van der Waals surface area contributed by atoms with Gasteiger partial charge in [-0.05, 0) is 50.1 Å². The van der Waals surface area contributed by atoms with Gasteiger partial charge < -0.3 is 19.5 Å². The highest BCUT2D eigenvalue weighted by Crippen LogP contribution is 2.38. The van der Waals surface area contributed by atoms with Crippen molar-refractivity contribution < 1.29 is 32.2 Å². The number of sulfonamides is 1. The van der Waals surface area contributed by atoms with Crippen molar-refractivity contribution in [3.05, 3.63) is 45.8 Å². The summed E-state index contributed by atoms with van der Waals surface area (Å²) in [5, 5.41) is 3.29. The molecule has 0 unspecified atom stereocenters. The topological polar surface area (TPSA) is 114 Å². The van der Waals surface area contributed by atoms with Crippen molar-refractivity contribution in [1.82, 2.24) is 9.21 Å². The van der Waals surface area contributed by atoms with Crippen LogP contribution < -0.4 is 5.32 Å². The predicted molar refractivity (Wildman–Crippen MR) is 149 cm³/mol. The maximum Gasteiger partial charge on any atom is 0.341 e. The number of halogens is 1. The number of carbonyl (C=O) groups is 2. The average molecular weight is 590 g/mol. The number of nitrogens with zero attached hydrogens (tertiary/aromatic N) is 2. The molecule has 1 aliphatic heterocycles. The summed E-state index contributed by atoms with van der Waals surface area (Å²) in [6.07, 6.45) is 0.694. The molecule has 3 rings (SSSR count). The highest BCUT2D eigenvalue weighted by Gasteiger charge is 2.30. The van der Waals surface area contributed by atoms with E-state index >= 15 is 0 Å². The number of esters is 1. The fraction of sp³-hybridized carbons (Fsp3) is 0.520. The monoisotopic (exact) mass is 589 g/mol. The van der Waals surface area contributed by atoms with Crippen LogP contribution in [0.25, 0.3) is 0 Å². The van der Waals surface area contributed by atoms with Gasteiger partial charge in [0.15, 0.2) is 0 Å². The number of amides is 1. The second-order valence-corrected chi connectivity index (χ2v) is 11.9. The number of fused-ring (bicyclic) bond motifs is 1. The van der Waals surface area contributed by atoms with E-state index in [2.05, 4.69) is 24.1 Å². The Kier molecular flexibility index (Phi) is 12.2. The van der Waals surface area contributed by atoms with E-state index in [9.17, 15) is 18.0 Å². The van der Waals surface area contributed by atoms with Gasteiger partial charge in [0.1, 0.15) is 5.00 Å². The Morgan fingerprint density at radius 3 is 2.21 bits per heavy atom. The molecule has 0 fully saturated rings. The van der Waals surface area contributed by atoms with Gasteiger partial charge in [0, 0.05) is 56.9 Å². The normalized spacial score (nSPS) is 13.8. The second-order valence-electron chi connectivity index (χ2n) is 8.88. The Labute approximate surface area is 234 Å². The van der Waals surface area contributed by atoms with Crippen LogP contribution in [0.1, 0.15) is 45.0 Å². The predicted octanol–water partition coefficient (Wildman–Crippen LogP) is 3.26. The summed E-state index contributed by atoms with van der Waals surface area (Å²) < 4.78 is 42.6. The number of nitrogens with one attached hydrogen (secondary N) is 1. The molecule has 1 aromatic heterocycles. The molecular formula is C25H36ClN3O7S2. The third kappa shape index (κ3) is 7.32. The Hall–Kier alpha value is -2.06. The van der Waals surface area contributed by atoms with Gasteiger partial charge >= 0.3 is 5.97 Å². The molecule has 1 N–H and O–H groups in total. The Morgan fingerprint density at radius 1 is 1.08 bits per heavy atom. The van der Waals surface area contributed by atoms with Gasteiger partial charge in [0.2, 0.25) is 10.0 Å². The van der Waals surface area contributed by atoms with E-state index in [4.69, 9.17) is 14.2 Å². The van der Waals surface area contributed by atoms with E-state index in [-0.39, 0.29) is 49.2 Å². The zero-order chi connectivity index (χ0) is 27.2. The first-order valence-corrected chi connectivity index (χ1v) is 14.3. The molecule has 0 aliphatic carbocycles. The highest BCUT2D eigenvalue weighted by molar-refractivity contribution is 7.89. The van der Waals surface area contributed by atoms with E-state index < -0.39 is 21.9 Å². The molecular weight excluding hydrogens is 554 g/mol. The number of carbonyl (C=O) groups excluding carboxylic acids is 2. The molecule has 0 atom stereocenters. The first-order valence-electron chi connectivity index (χ1n) is 12.0. The smallest absolute Gasteiger partial charge is 0.341 e. The van der Waals surface area contributed by atoms with E-state index in [0.29, 0.717) is 29.6 Å². The summed E-state index contributed by atoms with van der Waals surface area (Å²) in [7, 11) is 0.526. The first kappa shape index (κ1) is 32.2. The molecule has 1 aromatic carbocycles. The standard InChI is InChI=1S/C25H35N3O7S2.ClH/c1-17(2)27-11-10-20-21(16-27)36-24(22(20)25(30)35-5)26-23(29)18-6-8-19(9-7-18)37(31,32)28(12-14-33-3)13-15-34-4;/h6-9,17H,10-16H2,1-5H3,(H,26,29);1H. The molecule has 38 heavy (non-hydrogen) atoms. The Bertz CT molecular complexity index is 1190. The minimum atomic E-state index is -3.80. The number of hydrogen-bond donors (Lipinski definition) is 1. The van der Waals surface area contributed by atoms with E-state index in [1.165, 1.54) is 61.2 Å². The molecule has 2 aromatic rings. The summed E-state index contributed by atoms with van der Waals surface area (Å²) in [4.78, 5) is 29.1. The van der Waals surface area contributed by atoms with Gasteiger partial charge in [-0.2, -0.15) is 4.31 Å². The van der Waals surface area contributed by atoms with Gasteiger partial charge in [-0.25, -0.2) is 13.2 Å². The van der Waals surface area contributed by atoms with Crippen LogP contribution in [-0.2, 0) is 37.2 Å². The summed E-state index contributed by atoms with van der Waals surface area (Å²) in [5.74, 6) is -0.927. The van der Waals surface area contributed by atoms with Crippen molar-refractivity contribution in [2.75, 3.05) is 59.5 Å². The third-order valence-electron chi connectivity index (χ3n) is 6.28. The van der Waals surface area contributed by atoms with E-state index in [1.54, 1.807) is 0 Å². The minimum Gasteiger partial charge on any atom is -0.465 e. The van der Waals surface area contributed by atoms with E-state index in [1.807, 2.05) is 0 Å². The minimum absolute atomic E-state index is 0. The Balaban J connectivity index is 0.00000507. The van der Waals surface area contributed by atoms with Crippen LogP contribution in [0.5, 0.6) is 0 Å². The number of methoxy groups -OCH3 is 3. The van der Waals surface area contributed by atoms with Crippen LogP contribution in [0.4, 0.5) is 5.00 Å². The van der Waals surface area contributed by atoms with Gasteiger partial charge in [0.05, 0.1) is 30.8 Å². The van der Waals surface area contributed by atoms with Crippen LogP contribution in [0.3, 0.4) is 0 Å². The molecule has 2 heterocycles. The first-order chi connectivity index (χ1) is 17.6. The fourth-order valence-corrected chi connectivity index (χ4v) is 6.78. The van der Waals surface area contributed by atoms with Crippen molar-refractivity contribution in [1.29, 1.82) is 0 Å². The lowest BCUT2D eigenvalue weighted by molar-refractivity contribution is 0.0600. The lowest BCUT2D eigenvalue weighted by atomic mass is 10.0. The molecule has 0 bridgehead atoms. The van der Waals surface area contributed by atoms with Gasteiger partial charge in [-0.3, -0.25) is 9.69 Å². The zero-order valence-corrected chi connectivity index (χ0v) is 24.8. The largest absolute Gasteiger partial charge is 0.465 e. The Morgan fingerprint density at radius 2 is 1.68 bits per heavy atom. The van der Waals surface area contributed by atoms with Crippen LogP contribution in [0.15, 0.2) is 29.2 Å². The third-order valence-corrected chi connectivity index (χ3v) is 9.32. The number of hydrogen-bond acceptors (Lipinski definition) is 9. The SMILES string of the molecule is COCCN(CCOC)S(=O)(=O)c1ccc(C(=O)Nc2sc3c(c2C(=O)OC)CCN(C(C)C)C3)cc1.Cl. The number of benzene rings is 1. The molecule has 1 amide bonds. The maximum absolute atomic E-state index is 13.1. The van der Waals surface area contributed by atoms with Crippen molar-refractivity contribution in [3.63, 3.8) is 0 Å². The van der Waals surface area contributed by atoms with Gasteiger partial charge in [-0.15, -0.1) is 23.7 Å². The molecule has 10 nitrogen and oxygen atoms in total. The van der Waals surface area contributed by atoms with Crippen molar-refractivity contribution in [2.24, 2.45) is 0 Å². The van der Waals surface area contributed by atoms with E-state index in [0.717, 1.165) is 17.0 Å². The summed E-state index contributed by atoms with van der Waals surface area (Å²) in [6, 6.07) is 6.08. The lowest BCUT2D eigenvalue weighted by Crippen LogP contribution is -2.36. The van der Waals surface area contributed by atoms with Gasteiger partial charge in [0.25, 0.3) is 5.91 Å². The summed E-state index contributed by atoms with van der Waals surface area (Å²) in [6.45, 7) is 6.61. The molecule has 0 saturated carbocycles. The van der Waals surface area contributed by atoms with Crippen LogP contribution in [0, 0.1) is 0 Å². The summed E-state index contributed by atoms with van der Waals surface area (Å²) in [5.41, 5.74) is 1.58. The summed E-state index contributed by atoms with van der Waals surface area (Å²) >= 11 is 1.38. The number of ether oxygens (including phenoxy) is 3. The van der Waals surface area contributed by atoms with Crippen molar-refractivity contribution in [2.45, 2.75) is 37.8 Å². The second kappa shape index (κ2) is 14.4. The number of rotatable bonds is 12. The molecule has 0 spiro atoms. The molecule has 212 valence electrons. The van der Waals surface area contributed by atoms with Crippen LogP contribution in [0.2, 0.25) is 0 Å². The zero-order valence-electron chi connectivity index (χ0n) is 22.3. The molecule has 1 aliphatic rings. The maximum atomic E-state index is 13.1. The van der Waals surface area contributed by atoms with Crippen LogP contribution in [-0.4, -0.2) is 89.7 Å². The number of thiophene rings is 1. The van der Waals surface area contributed by atoms with Crippen LogP contribution >= 0.6 is 23.7 Å². The quantitative estimate of drug-likeness (QED) is 0.375. The molecule has 13 heteroatoms. The molecule has 0 saturated heterocycles. The molecule has 0 radical (unpaired) electrons. The average Bonchev–Trinajstić information content (AvgIpc) is 3.25. The lowest BCUT2D eigenvalue weighted by Gasteiger charge is -2.30. The van der Waals surface area contributed by atoms with Crippen molar-refractivity contribution >= 4 is 50.6 Å². The van der Waals surface area contributed by atoms with Gasteiger partial charge in [-0.1, -0.05) is 0 Å². The number of anilines is 1.